The molecule has 0 aliphatic rings. The van der Waals surface area contributed by atoms with Gasteiger partial charge in [0.1, 0.15) is 5.76 Å². The van der Waals surface area contributed by atoms with Crippen LogP contribution in [0.25, 0.3) is 0 Å². The summed E-state index contributed by atoms with van der Waals surface area (Å²) < 4.78 is 31.8. The molecular weight excluding hydrogens is 286 g/mol. The van der Waals surface area contributed by atoms with Crippen LogP contribution in [0.5, 0.6) is 0 Å². The van der Waals surface area contributed by atoms with Gasteiger partial charge in [-0.3, -0.25) is 0 Å². The maximum absolute atomic E-state index is 12.5. The van der Waals surface area contributed by atoms with Crippen molar-refractivity contribution in [2.45, 2.75) is 38.7 Å². The standard InChI is InChI=1S/C13H22ClNO3S/c1-10(2)8-15(9-11(3)4)19(16,17)13-6-5-12(7-14)18-13/h5-6,10-11H,7-9H2,1-4H3. The summed E-state index contributed by atoms with van der Waals surface area (Å²) >= 11 is 5.64. The van der Waals surface area contributed by atoms with Crippen molar-refractivity contribution in [2.24, 2.45) is 11.8 Å². The highest BCUT2D eigenvalue weighted by Crippen LogP contribution is 2.21. The van der Waals surface area contributed by atoms with Crippen LogP contribution in [-0.4, -0.2) is 25.8 Å². The molecule has 0 atom stereocenters. The number of sulfonamides is 1. The molecule has 1 aromatic heterocycles. The molecule has 0 saturated heterocycles. The third-order valence-electron chi connectivity index (χ3n) is 2.50. The quantitative estimate of drug-likeness (QED) is 0.726. The average Bonchev–Trinajstić information content (AvgIpc) is 2.75. The van der Waals surface area contributed by atoms with Gasteiger partial charge >= 0.3 is 0 Å². The van der Waals surface area contributed by atoms with Crippen molar-refractivity contribution in [1.29, 1.82) is 0 Å². The molecule has 0 N–H and O–H groups in total. The monoisotopic (exact) mass is 307 g/mol. The second-order valence-electron chi connectivity index (χ2n) is 5.46. The first kappa shape index (κ1) is 16.5. The molecule has 0 aromatic carbocycles. The van der Waals surface area contributed by atoms with Crippen molar-refractivity contribution in [2.75, 3.05) is 13.1 Å². The minimum absolute atomic E-state index is 0.0237. The van der Waals surface area contributed by atoms with Crippen molar-refractivity contribution in [3.63, 3.8) is 0 Å². The molecule has 0 saturated carbocycles. The van der Waals surface area contributed by atoms with E-state index in [9.17, 15) is 8.42 Å². The van der Waals surface area contributed by atoms with Crippen molar-refractivity contribution in [1.82, 2.24) is 4.31 Å². The van der Waals surface area contributed by atoms with Gasteiger partial charge in [0.15, 0.2) is 0 Å². The smallest absolute Gasteiger partial charge is 0.276 e. The zero-order valence-electron chi connectivity index (χ0n) is 11.9. The molecule has 19 heavy (non-hydrogen) atoms. The highest BCUT2D eigenvalue weighted by molar-refractivity contribution is 7.89. The first-order valence-electron chi connectivity index (χ1n) is 6.42. The molecule has 0 bridgehead atoms. The summed E-state index contributed by atoms with van der Waals surface area (Å²) in [4.78, 5) is 0. The van der Waals surface area contributed by atoms with E-state index in [1.807, 2.05) is 27.7 Å². The van der Waals surface area contributed by atoms with Crippen molar-refractivity contribution in [3.05, 3.63) is 17.9 Å². The van der Waals surface area contributed by atoms with Gasteiger partial charge in [0.25, 0.3) is 10.0 Å². The molecule has 0 unspecified atom stereocenters. The molecular formula is C13H22ClNO3S. The second kappa shape index (κ2) is 6.77. The minimum Gasteiger partial charge on any atom is -0.447 e. The fraction of sp³-hybridized carbons (Fsp3) is 0.692. The van der Waals surface area contributed by atoms with Gasteiger partial charge in [0.2, 0.25) is 5.09 Å². The summed E-state index contributed by atoms with van der Waals surface area (Å²) in [6.07, 6.45) is 0. The first-order valence-corrected chi connectivity index (χ1v) is 8.39. The van der Waals surface area contributed by atoms with Gasteiger partial charge in [-0.2, -0.15) is 4.31 Å². The Morgan fingerprint density at radius 1 is 1.16 bits per heavy atom. The number of furan rings is 1. The van der Waals surface area contributed by atoms with Crippen molar-refractivity contribution in [3.8, 4) is 0 Å². The SMILES string of the molecule is CC(C)CN(CC(C)C)S(=O)(=O)c1ccc(CCl)o1. The Balaban J connectivity index is 3.03. The maximum atomic E-state index is 12.5. The molecule has 0 aliphatic carbocycles. The van der Waals surface area contributed by atoms with Crippen LogP contribution in [-0.2, 0) is 15.9 Å². The van der Waals surface area contributed by atoms with Gasteiger partial charge in [-0.1, -0.05) is 27.7 Å². The second-order valence-corrected chi connectivity index (χ2v) is 7.60. The molecule has 1 aromatic rings. The third-order valence-corrected chi connectivity index (χ3v) is 4.47. The van der Waals surface area contributed by atoms with Gasteiger partial charge in [-0.05, 0) is 24.0 Å². The number of halogens is 1. The van der Waals surface area contributed by atoms with E-state index in [4.69, 9.17) is 16.0 Å². The summed E-state index contributed by atoms with van der Waals surface area (Å²) in [5.41, 5.74) is 0. The van der Waals surface area contributed by atoms with Crippen LogP contribution in [0.15, 0.2) is 21.6 Å². The normalized spacial score (nSPS) is 12.8. The first-order chi connectivity index (χ1) is 8.77. The Hall–Kier alpha value is -0.520. The highest BCUT2D eigenvalue weighted by atomic mass is 35.5. The predicted molar refractivity (Wildman–Crippen MR) is 76.7 cm³/mol. The molecule has 0 fully saturated rings. The fourth-order valence-electron chi connectivity index (χ4n) is 1.78. The summed E-state index contributed by atoms with van der Waals surface area (Å²) in [7, 11) is -3.57. The summed E-state index contributed by atoms with van der Waals surface area (Å²) in [5.74, 6) is 1.16. The lowest BCUT2D eigenvalue weighted by molar-refractivity contribution is 0.319. The molecule has 6 heteroatoms. The van der Waals surface area contributed by atoms with E-state index in [1.165, 1.54) is 10.4 Å². The molecule has 4 nitrogen and oxygen atoms in total. The largest absolute Gasteiger partial charge is 0.447 e. The Bertz CT molecular complexity index is 484. The molecule has 110 valence electrons. The molecule has 0 radical (unpaired) electrons. The van der Waals surface area contributed by atoms with Crippen molar-refractivity contribution >= 4 is 21.6 Å². The van der Waals surface area contributed by atoms with Gasteiger partial charge in [0.05, 0.1) is 5.88 Å². The van der Waals surface area contributed by atoms with E-state index < -0.39 is 10.0 Å². The topological polar surface area (TPSA) is 50.5 Å². The van der Waals surface area contributed by atoms with E-state index >= 15 is 0 Å². The van der Waals surface area contributed by atoms with Crippen LogP contribution in [0.1, 0.15) is 33.5 Å². The molecule has 0 amide bonds. The lowest BCUT2D eigenvalue weighted by Crippen LogP contribution is -2.36. The van der Waals surface area contributed by atoms with E-state index in [1.54, 1.807) is 6.07 Å². The summed E-state index contributed by atoms with van der Waals surface area (Å²) in [5, 5.41) is -0.0237. The van der Waals surface area contributed by atoms with E-state index in [0.29, 0.717) is 18.8 Å². The Kier molecular flexibility index (Phi) is 5.89. The molecule has 0 aliphatic heterocycles. The van der Waals surface area contributed by atoms with Gasteiger partial charge < -0.3 is 4.42 Å². The number of nitrogens with zero attached hydrogens (tertiary/aromatic N) is 1. The van der Waals surface area contributed by atoms with Crippen LogP contribution in [0.4, 0.5) is 0 Å². The Morgan fingerprint density at radius 2 is 1.68 bits per heavy atom. The van der Waals surface area contributed by atoms with Crippen LogP contribution in [0.2, 0.25) is 0 Å². The predicted octanol–water partition coefficient (Wildman–Crippen LogP) is 3.32. The average molecular weight is 308 g/mol. The fourth-order valence-corrected chi connectivity index (χ4v) is 3.62. The lowest BCUT2D eigenvalue weighted by Gasteiger charge is -2.24. The Morgan fingerprint density at radius 3 is 2.05 bits per heavy atom. The number of rotatable bonds is 7. The summed E-state index contributed by atoms with van der Waals surface area (Å²) in [6.45, 7) is 8.95. The number of alkyl halides is 1. The minimum atomic E-state index is -3.57. The van der Waals surface area contributed by atoms with Crippen LogP contribution < -0.4 is 0 Å². The highest BCUT2D eigenvalue weighted by Gasteiger charge is 2.28. The molecule has 1 rings (SSSR count). The van der Waals surface area contributed by atoms with Gasteiger partial charge in [0, 0.05) is 13.1 Å². The van der Waals surface area contributed by atoms with Gasteiger partial charge in [-0.25, -0.2) is 8.42 Å². The van der Waals surface area contributed by atoms with E-state index in [0.717, 1.165) is 0 Å². The van der Waals surface area contributed by atoms with Crippen LogP contribution >= 0.6 is 11.6 Å². The van der Waals surface area contributed by atoms with Crippen LogP contribution in [0.3, 0.4) is 0 Å². The lowest BCUT2D eigenvalue weighted by atomic mass is 10.2. The molecule has 1 heterocycles. The Labute approximate surface area is 120 Å². The van der Waals surface area contributed by atoms with E-state index in [2.05, 4.69) is 0 Å². The maximum Gasteiger partial charge on any atom is 0.276 e. The van der Waals surface area contributed by atoms with Crippen molar-refractivity contribution < 1.29 is 12.8 Å². The van der Waals surface area contributed by atoms with Crippen LogP contribution in [0, 0.1) is 11.8 Å². The molecule has 0 spiro atoms. The number of hydrogen-bond acceptors (Lipinski definition) is 3. The summed E-state index contributed by atoms with van der Waals surface area (Å²) in [6, 6.07) is 3.07. The zero-order chi connectivity index (χ0) is 14.6. The zero-order valence-corrected chi connectivity index (χ0v) is 13.5. The number of hydrogen-bond donors (Lipinski definition) is 0. The third kappa shape index (κ3) is 4.51. The van der Waals surface area contributed by atoms with E-state index in [-0.39, 0.29) is 22.8 Å². The van der Waals surface area contributed by atoms with Gasteiger partial charge in [-0.15, -0.1) is 11.6 Å².